The molecule has 0 unspecified atom stereocenters. The minimum Gasteiger partial charge on any atom is -0.497 e. The van der Waals surface area contributed by atoms with Crippen LogP contribution in [0.25, 0.3) is 0 Å². The zero-order valence-corrected chi connectivity index (χ0v) is 26.7. The van der Waals surface area contributed by atoms with E-state index in [1.165, 1.54) is 48.4 Å². The number of benzene rings is 3. The molecule has 0 aliphatic carbocycles. The van der Waals surface area contributed by atoms with Crippen LogP contribution < -0.4 is 14.4 Å². The number of rotatable bonds is 14. The average Bonchev–Trinajstić information content (AvgIpc) is 2.98. The lowest BCUT2D eigenvalue weighted by molar-refractivity contribution is -0.140. The minimum atomic E-state index is -4.23. The maximum atomic E-state index is 14.1. The monoisotopic (exact) mass is 653 g/mol. The molecule has 2 amide bonds. The third kappa shape index (κ3) is 8.53. The number of hydrogen-bond acceptors (Lipinski definition) is 5. The van der Waals surface area contributed by atoms with E-state index in [0.717, 1.165) is 17.1 Å². The van der Waals surface area contributed by atoms with Crippen LogP contribution in [-0.4, -0.2) is 51.4 Å². The van der Waals surface area contributed by atoms with Crippen LogP contribution in [0.2, 0.25) is 15.1 Å². The zero-order valence-electron chi connectivity index (χ0n) is 23.6. The number of hydrogen-bond donors (Lipinski definition) is 1. The summed E-state index contributed by atoms with van der Waals surface area (Å²) in [6, 6.07) is 16.1. The molecular formula is C30H34Cl3N3O5S. The van der Waals surface area contributed by atoms with Crippen LogP contribution in [0, 0.1) is 0 Å². The molecular weight excluding hydrogens is 621 g/mol. The Bertz CT molecular complexity index is 1470. The molecule has 3 aromatic carbocycles. The molecule has 12 heteroatoms. The molecule has 3 aromatic rings. The largest absolute Gasteiger partial charge is 0.497 e. The van der Waals surface area contributed by atoms with Crippen LogP contribution in [0.4, 0.5) is 5.69 Å². The molecule has 0 aliphatic rings. The maximum absolute atomic E-state index is 14.1. The van der Waals surface area contributed by atoms with Gasteiger partial charge in [-0.05, 0) is 79.1 Å². The number of unbranched alkanes of at least 4 members (excludes halogenated alkanes) is 1. The van der Waals surface area contributed by atoms with Crippen molar-refractivity contribution < 1.29 is 22.7 Å². The molecule has 42 heavy (non-hydrogen) atoms. The van der Waals surface area contributed by atoms with Gasteiger partial charge in [0, 0.05) is 18.1 Å². The fourth-order valence-corrected chi connectivity index (χ4v) is 6.13. The van der Waals surface area contributed by atoms with Gasteiger partial charge in [-0.3, -0.25) is 13.9 Å². The summed E-state index contributed by atoms with van der Waals surface area (Å²) < 4.78 is 34.0. The van der Waals surface area contributed by atoms with Crippen molar-refractivity contribution in [2.75, 3.05) is 24.5 Å². The Morgan fingerprint density at radius 1 is 0.929 bits per heavy atom. The molecule has 0 saturated heterocycles. The molecule has 0 saturated carbocycles. The molecule has 0 fully saturated rings. The molecule has 0 spiro atoms. The highest BCUT2D eigenvalue weighted by molar-refractivity contribution is 7.92. The molecule has 0 radical (unpaired) electrons. The van der Waals surface area contributed by atoms with Crippen molar-refractivity contribution in [2.24, 2.45) is 0 Å². The van der Waals surface area contributed by atoms with Crippen molar-refractivity contribution in [3.63, 3.8) is 0 Å². The third-order valence-corrected chi connectivity index (χ3v) is 9.37. The van der Waals surface area contributed by atoms with E-state index in [2.05, 4.69) is 5.32 Å². The minimum absolute atomic E-state index is 0.00642. The first kappa shape index (κ1) is 33.5. The number of amides is 2. The van der Waals surface area contributed by atoms with E-state index in [-0.39, 0.29) is 23.0 Å². The lowest BCUT2D eigenvalue weighted by Gasteiger charge is -2.33. The van der Waals surface area contributed by atoms with Crippen molar-refractivity contribution in [2.45, 2.75) is 50.6 Å². The Hall–Kier alpha value is -2.98. The van der Waals surface area contributed by atoms with Gasteiger partial charge in [0.25, 0.3) is 10.0 Å². The Kier molecular flexibility index (Phi) is 12.4. The first-order valence-corrected chi connectivity index (χ1v) is 16.0. The summed E-state index contributed by atoms with van der Waals surface area (Å²) in [7, 11) is -2.75. The fourth-order valence-electron chi connectivity index (χ4n) is 4.27. The first-order chi connectivity index (χ1) is 20.0. The van der Waals surface area contributed by atoms with Crippen molar-refractivity contribution in [1.82, 2.24) is 10.2 Å². The van der Waals surface area contributed by atoms with Gasteiger partial charge < -0.3 is 15.0 Å². The average molecular weight is 655 g/mol. The Morgan fingerprint density at radius 2 is 1.60 bits per heavy atom. The van der Waals surface area contributed by atoms with Crippen LogP contribution in [0.1, 0.15) is 38.7 Å². The lowest BCUT2D eigenvalue weighted by atomic mass is 10.1. The Morgan fingerprint density at radius 3 is 2.17 bits per heavy atom. The van der Waals surface area contributed by atoms with E-state index < -0.39 is 28.5 Å². The second-order valence-electron chi connectivity index (χ2n) is 9.50. The van der Waals surface area contributed by atoms with E-state index in [0.29, 0.717) is 39.3 Å². The second-order valence-corrected chi connectivity index (χ2v) is 12.6. The van der Waals surface area contributed by atoms with Crippen molar-refractivity contribution in [1.29, 1.82) is 0 Å². The van der Waals surface area contributed by atoms with Crippen molar-refractivity contribution in [3.05, 3.63) is 87.4 Å². The standard InChI is InChI=1S/C30H34Cl3N3O5S/c1-4-6-17-34-30(38)28(5-2)35(19-21-7-16-26(32)27(33)18-21)29(37)20-36(23-10-8-22(31)9-11-23)42(39,40)25-14-12-24(41-3)13-15-25/h7-16,18,28H,4-6,17,19-20H2,1-3H3,(H,34,38)/t28-/m1/s1. The number of nitrogens with zero attached hydrogens (tertiary/aromatic N) is 2. The molecule has 1 N–H and O–H groups in total. The number of sulfonamides is 1. The van der Waals surface area contributed by atoms with Crippen LogP contribution >= 0.6 is 34.8 Å². The van der Waals surface area contributed by atoms with Crippen molar-refractivity contribution >= 4 is 62.3 Å². The highest BCUT2D eigenvalue weighted by atomic mass is 35.5. The number of nitrogens with one attached hydrogen (secondary N) is 1. The smallest absolute Gasteiger partial charge is 0.264 e. The number of methoxy groups -OCH3 is 1. The van der Waals surface area contributed by atoms with E-state index in [1.54, 1.807) is 37.3 Å². The van der Waals surface area contributed by atoms with Gasteiger partial charge >= 0.3 is 0 Å². The zero-order chi connectivity index (χ0) is 30.9. The predicted octanol–water partition coefficient (Wildman–Crippen LogP) is 6.57. The fraction of sp³-hybridized carbons (Fsp3) is 0.333. The summed E-state index contributed by atoms with van der Waals surface area (Å²) in [5.74, 6) is -0.420. The van der Waals surface area contributed by atoms with Gasteiger partial charge in [-0.25, -0.2) is 8.42 Å². The topological polar surface area (TPSA) is 96.0 Å². The summed E-state index contributed by atoms with van der Waals surface area (Å²) in [5, 5.41) is 3.95. The molecule has 3 rings (SSSR count). The van der Waals surface area contributed by atoms with Gasteiger partial charge in [0.15, 0.2) is 0 Å². The van der Waals surface area contributed by atoms with Crippen LogP contribution in [-0.2, 0) is 26.2 Å². The van der Waals surface area contributed by atoms with Gasteiger partial charge in [-0.15, -0.1) is 0 Å². The second kappa shape index (κ2) is 15.5. The molecule has 0 heterocycles. The molecule has 0 bridgehead atoms. The molecule has 8 nitrogen and oxygen atoms in total. The van der Waals surface area contributed by atoms with E-state index in [9.17, 15) is 18.0 Å². The molecule has 0 aromatic heterocycles. The number of halogens is 3. The summed E-state index contributed by atoms with van der Waals surface area (Å²) in [6.07, 6.45) is 1.98. The van der Waals surface area contributed by atoms with E-state index in [1.807, 2.05) is 6.92 Å². The highest BCUT2D eigenvalue weighted by Gasteiger charge is 2.33. The first-order valence-electron chi connectivity index (χ1n) is 13.4. The Labute approximate surface area is 262 Å². The SMILES string of the molecule is CCCCNC(=O)[C@@H](CC)N(Cc1ccc(Cl)c(Cl)c1)C(=O)CN(c1ccc(Cl)cc1)S(=O)(=O)c1ccc(OC)cc1. The van der Waals surface area contributed by atoms with Gasteiger partial charge in [-0.2, -0.15) is 0 Å². The third-order valence-electron chi connectivity index (χ3n) is 6.59. The van der Waals surface area contributed by atoms with Gasteiger partial charge in [-0.1, -0.05) is 61.1 Å². The van der Waals surface area contributed by atoms with E-state index in [4.69, 9.17) is 39.5 Å². The number of carbonyl (C=O) groups is 2. The van der Waals surface area contributed by atoms with Crippen LogP contribution in [0.15, 0.2) is 71.6 Å². The summed E-state index contributed by atoms with van der Waals surface area (Å²) in [4.78, 5) is 28.7. The molecule has 226 valence electrons. The van der Waals surface area contributed by atoms with Crippen LogP contribution in [0.3, 0.4) is 0 Å². The van der Waals surface area contributed by atoms with Crippen molar-refractivity contribution in [3.8, 4) is 5.75 Å². The van der Waals surface area contributed by atoms with Gasteiger partial charge in [0.1, 0.15) is 18.3 Å². The molecule has 0 aliphatic heterocycles. The van der Waals surface area contributed by atoms with Gasteiger partial charge in [0.05, 0.1) is 27.7 Å². The predicted molar refractivity (Wildman–Crippen MR) is 168 cm³/mol. The quantitative estimate of drug-likeness (QED) is 0.198. The van der Waals surface area contributed by atoms with Crippen LogP contribution in [0.5, 0.6) is 5.75 Å². The maximum Gasteiger partial charge on any atom is 0.264 e. The summed E-state index contributed by atoms with van der Waals surface area (Å²) in [6.45, 7) is 3.70. The number of carbonyl (C=O) groups excluding carboxylic acids is 2. The highest BCUT2D eigenvalue weighted by Crippen LogP contribution is 2.28. The summed E-state index contributed by atoms with van der Waals surface area (Å²) >= 11 is 18.4. The Balaban J connectivity index is 2.04. The normalized spacial score (nSPS) is 12.0. The number of ether oxygens (including phenoxy) is 1. The summed E-state index contributed by atoms with van der Waals surface area (Å²) in [5.41, 5.74) is 0.868. The van der Waals surface area contributed by atoms with E-state index >= 15 is 0 Å². The van der Waals surface area contributed by atoms with Gasteiger partial charge in [0.2, 0.25) is 11.8 Å². The molecule has 1 atom stereocenters. The lowest BCUT2D eigenvalue weighted by Crippen LogP contribution is -2.52. The number of anilines is 1.